The van der Waals surface area contributed by atoms with E-state index >= 15 is 0 Å². The van der Waals surface area contributed by atoms with Crippen molar-refractivity contribution in [3.8, 4) is 0 Å². The predicted octanol–water partition coefficient (Wildman–Crippen LogP) is 1.66. The zero-order chi connectivity index (χ0) is 12.7. The summed E-state index contributed by atoms with van der Waals surface area (Å²) in [6.45, 7) is 5.27. The van der Waals surface area contributed by atoms with E-state index in [4.69, 9.17) is 9.52 Å². The molecule has 1 atom stereocenters. The lowest BCUT2D eigenvalue weighted by Gasteiger charge is -2.20. The van der Waals surface area contributed by atoms with Gasteiger partial charge in [-0.3, -0.25) is 0 Å². The molecular formula is C13H23NO3. The summed E-state index contributed by atoms with van der Waals surface area (Å²) in [5.74, 6) is 1.71. The molecule has 1 unspecified atom stereocenters. The highest BCUT2D eigenvalue weighted by Gasteiger charge is 2.14. The number of aliphatic hydroxyl groups is 2. The third-order valence-corrected chi connectivity index (χ3v) is 3.12. The van der Waals surface area contributed by atoms with Gasteiger partial charge in [0.25, 0.3) is 0 Å². The normalized spacial score (nSPS) is 13.2. The van der Waals surface area contributed by atoms with E-state index in [1.165, 1.54) is 0 Å². The predicted molar refractivity (Wildman–Crippen MR) is 66.4 cm³/mol. The van der Waals surface area contributed by atoms with Gasteiger partial charge in [-0.15, -0.1) is 0 Å². The van der Waals surface area contributed by atoms with Crippen LogP contribution in [0.25, 0.3) is 0 Å². The zero-order valence-corrected chi connectivity index (χ0v) is 10.6. The molecule has 0 aliphatic rings. The Labute approximate surface area is 103 Å². The summed E-state index contributed by atoms with van der Waals surface area (Å²) < 4.78 is 5.33. The quantitative estimate of drug-likeness (QED) is 0.647. The van der Waals surface area contributed by atoms with Gasteiger partial charge in [-0.25, -0.2) is 0 Å². The second kappa shape index (κ2) is 7.48. The van der Waals surface area contributed by atoms with Crippen molar-refractivity contribution in [1.82, 2.24) is 5.32 Å². The van der Waals surface area contributed by atoms with Crippen LogP contribution in [0.2, 0.25) is 0 Å². The van der Waals surface area contributed by atoms with Crippen LogP contribution >= 0.6 is 0 Å². The average molecular weight is 241 g/mol. The van der Waals surface area contributed by atoms with Crippen LogP contribution in [0.5, 0.6) is 0 Å². The molecule has 0 saturated carbocycles. The fraction of sp³-hybridized carbons (Fsp3) is 0.692. The van der Waals surface area contributed by atoms with Crippen LogP contribution in [0.1, 0.15) is 38.2 Å². The van der Waals surface area contributed by atoms with Crippen molar-refractivity contribution < 1.29 is 14.6 Å². The number of hydrogen-bond acceptors (Lipinski definition) is 4. The Morgan fingerprint density at radius 3 is 2.41 bits per heavy atom. The van der Waals surface area contributed by atoms with Gasteiger partial charge in [-0.2, -0.15) is 0 Å². The second-order valence-corrected chi connectivity index (χ2v) is 4.30. The van der Waals surface area contributed by atoms with E-state index in [0.717, 1.165) is 18.6 Å². The minimum atomic E-state index is -0.308. The first-order chi connectivity index (χ1) is 8.21. The van der Waals surface area contributed by atoms with Crippen molar-refractivity contribution in [3.05, 3.63) is 23.7 Å². The van der Waals surface area contributed by atoms with Crippen LogP contribution in [0.4, 0.5) is 0 Å². The molecule has 0 aliphatic heterocycles. The van der Waals surface area contributed by atoms with Crippen LogP contribution in [-0.2, 0) is 13.2 Å². The molecule has 0 aromatic carbocycles. The fourth-order valence-electron chi connectivity index (χ4n) is 1.95. The summed E-state index contributed by atoms with van der Waals surface area (Å²) >= 11 is 0. The largest absolute Gasteiger partial charge is 0.462 e. The van der Waals surface area contributed by atoms with Gasteiger partial charge in [0.15, 0.2) is 0 Å². The number of nitrogens with one attached hydrogen (secondary N) is 1. The standard InChI is InChI=1S/C13H23NO3/c1-3-10(4-2)13(16)8-14-7-11-5-6-12(9-15)17-11/h5-6,10,13-16H,3-4,7-9H2,1-2H3. The van der Waals surface area contributed by atoms with Crippen molar-refractivity contribution in [2.75, 3.05) is 6.54 Å². The molecule has 0 bridgehead atoms. The molecular weight excluding hydrogens is 218 g/mol. The van der Waals surface area contributed by atoms with Gasteiger partial charge >= 0.3 is 0 Å². The molecule has 4 heteroatoms. The topological polar surface area (TPSA) is 65.6 Å². The summed E-state index contributed by atoms with van der Waals surface area (Å²) in [7, 11) is 0. The Bertz CT molecular complexity index is 307. The number of hydrogen-bond donors (Lipinski definition) is 3. The SMILES string of the molecule is CCC(CC)C(O)CNCc1ccc(CO)o1. The Hall–Kier alpha value is -0.840. The molecule has 1 rings (SSSR count). The third-order valence-electron chi connectivity index (χ3n) is 3.12. The molecule has 0 radical (unpaired) electrons. The monoisotopic (exact) mass is 241 g/mol. The molecule has 3 N–H and O–H groups in total. The average Bonchev–Trinajstić information content (AvgIpc) is 2.78. The lowest BCUT2D eigenvalue weighted by Crippen LogP contribution is -2.32. The highest BCUT2D eigenvalue weighted by atomic mass is 16.4. The first-order valence-corrected chi connectivity index (χ1v) is 6.28. The number of rotatable bonds is 8. The second-order valence-electron chi connectivity index (χ2n) is 4.30. The van der Waals surface area contributed by atoms with Gasteiger partial charge < -0.3 is 19.9 Å². The molecule has 1 heterocycles. The van der Waals surface area contributed by atoms with E-state index in [0.29, 0.717) is 24.8 Å². The molecule has 4 nitrogen and oxygen atoms in total. The summed E-state index contributed by atoms with van der Waals surface area (Å²) in [6, 6.07) is 3.59. The fourth-order valence-corrected chi connectivity index (χ4v) is 1.95. The van der Waals surface area contributed by atoms with Crippen LogP contribution in [0, 0.1) is 5.92 Å². The van der Waals surface area contributed by atoms with Gasteiger partial charge in [0, 0.05) is 6.54 Å². The summed E-state index contributed by atoms with van der Waals surface area (Å²) in [5.41, 5.74) is 0. The van der Waals surface area contributed by atoms with Crippen molar-refractivity contribution in [3.63, 3.8) is 0 Å². The minimum absolute atomic E-state index is 0.0730. The maximum atomic E-state index is 9.91. The maximum absolute atomic E-state index is 9.91. The van der Waals surface area contributed by atoms with Crippen molar-refractivity contribution in [2.24, 2.45) is 5.92 Å². The molecule has 0 fully saturated rings. The molecule has 1 aromatic rings. The van der Waals surface area contributed by atoms with Crippen LogP contribution in [-0.4, -0.2) is 22.9 Å². The molecule has 1 aromatic heterocycles. The Balaban J connectivity index is 2.27. The van der Waals surface area contributed by atoms with Gasteiger partial charge in [0.2, 0.25) is 0 Å². The molecule has 17 heavy (non-hydrogen) atoms. The summed E-state index contributed by atoms with van der Waals surface area (Å²) in [5, 5.41) is 21.9. The van der Waals surface area contributed by atoms with E-state index < -0.39 is 0 Å². The van der Waals surface area contributed by atoms with E-state index in [-0.39, 0.29) is 12.7 Å². The highest BCUT2D eigenvalue weighted by molar-refractivity contribution is 5.06. The van der Waals surface area contributed by atoms with E-state index in [1.807, 2.05) is 6.07 Å². The number of furan rings is 1. The minimum Gasteiger partial charge on any atom is -0.462 e. The van der Waals surface area contributed by atoms with Crippen molar-refractivity contribution >= 4 is 0 Å². The molecule has 0 aliphatic carbocycles. The van der Waals surface area contributed by atoms with Crippen LogP contribution < -0.4 is 5.32 Å². The van der Waals surface area contributed by atoms with E-state index in [2.05, 4.69) is 19.2 Å². The Kier molecular flexibility index (Phi) is 6.26. The lowest BCUT2D eigenvalue weighted by molar-refractivity contribution is 0.101. The molecule has 0 spiro atoms. The molecule has 0 saturated heterocycles. The Morgan fingerprint density at radius 2 is 1.88 bits per heavy atom. The van der Waals surface area contributed by atoms with E-state index in [9.17, 15) is 5.11 Å². The summed E-state index contributed by atoms with van der Waals surface area (Å²) in [6.07, 6.45) is 1.68. The van der Waals surface area contributed by atoms with Crippen molar-refractivity contribution in [2.45, 2.75) is 45.9 Å². The van der Waals surface area contributed by atoms with Gasteiger partial charge in [-0.1, -0.05) is 26.7 Å². The van der Waals surface area contributed by atoms with Crippen LogP contribution in [0.15, 0.2) is 16.5 Å². The first-order valence-electron chi connectivity index (χ1n) is 6.28. The van der Waals surface area contributed by atoms with Crippen molar-refractivity contribution in [1.29, 1.82) is 0 Å². The molecule has 98 valence electrons. The molecule has 0 amide bonds. The first kappa shape index (κ1) is 14.2. The lowest BCUT2D eigenvalue weighted by atomic mass is 9.96. The Morgan fingerprint density at radius 1 is 1.24 bits per heavy atom. The third kappa shape index (κ3) is 4.50. The maximum Gasteiger partial charge on any atom is 0.129 e. The highest BCUT2D eigenvalue weighted by Crippen LogP contribution is 2.12. The van der Waals surface area contributed by atoms with Gasteiger partial charge in [0.05, 0.1) is 12.6 Å². The van der Waals surface area contributed by atoms with E-state index in [1.54, 1.807) is 6.07 Å². The zero-order valence-electron chi connectivity index (χ0n) is 10.6. The van der Waals surface area contributed by atoms with Crippen LogP contribution in [0.3, 0.4) is 0 Å². The number of aliphatic hydroxyl groups excluding tert-OH is 2. The van der Waals surface area contributed by atoms with Gasteiger partial charge in [-0.05, 0) is 18.1 Å². The summed E-state index contributed by atoms with van der Waals surface area (Å²) in [4.78, 5) is 0. The smallest absolute Gasteiger partial charge is 0.129 e. The van der Waals surface area contributed by atoms with Gasteiger partial charge in [0.1, 0.15) is 18.1 Å².